The molecule has 0 rings (SSSR count). The summed E-state index contributed by atoms with van der Waals surface area (Å²) in [5.74, 6) is -0.772. The summed E-state index contributed by atoms with van der Waals surface area (Å²) in [7, 11) is 0. The molecule has 0 atom stereocenters. The lowest BCUT2D eigenvalue weighted by molar-refractivity contribution is -0.138. The number of nitrogens with two attached hydrogens (primary N) is 1. The number of hydrogen-bond acceptors (Lipinski definition) is 3. The molecular formula is C10H22N2O2. The third kappa shape index (κ3) is 5.94. The first kappa shape index (κ1) is 13.4. The molecule has 0 heterocycles. The number of hydrogen-bond donors (Lipinski definition) is 2. The Hall–Kier alpha value is -0.610. The van der Waals surface area contributed by atoms with Gasteiger partial charge in [0.05, 0.1) is 6.54 Å². The van der Waals surface area contributed by atoms with E-state index < -0.39 is 5.97 Å². The second kappa shape index (κ2) is 5.98. The van der Waals surface area contributed by atoms with Gasteiger partial charge in [0.25, 0.3) is 0 Å². The molecular weight excluding hydrogens is 180 g/mol. The van der Waals surface area contributed by atoms with Crippen LogP contribution in [-0.4, -0.2) is 42.2 Å². The third-order valence-corrected chi connectivity index (χ3v) is 2.10. The second-order valence-corrected chi connectivity index (χ2v) is 4.47. The van der Waals surface area contributed by atoms with Crippen molar-refractivity contribution in [3.63, 3.8) is 0 Å². The van der Waals surface area contributed by atoms with Gasteiger partial charge in [-0.25, -0.2) is 0 Å². The summed E-state index contributed by atoms with van der Waals surface area (Å²) < 4.78 is 0. The minimum absolute atomic E-state index is 0.00931. The zero-order valence-corrected chi connectivity index (χ0v) is 9.42. The van der Waals surface area contributed by atoms with Gasteiger partial charge in [0.1, 0.15) is 0 Å². The van der Waals surface area contributed by atoms with Gasteiger partial charge in [-0.3, -0.25) is 9.69 Å². The van der Waals surface area contributed by atoms with E-state index in [4.69, 9.17) is 10.8 Å². The molecule has 0 fully saturated rings. The molecule has 84 valence electrons. The van der Waals surface area contributed by atoms with E-state index in [1.54, 1.807) is 0 Å². The van der Waals surface area contributed by atoms with Crippen LogP contribution in [0.2, 0.25) is 0 Å². The minimum Gasteiger partial charge on any atom is -0.480 e. The monoisotopic (exact) mass is 202 g/mol. The van der Waals surface area contributed by atoms with Crippen LogP contribution in [-0.2, 0) is 4.79 Å². The van der Waals surface area contributed by atoms with Crippen LogP contribution in [0.5, 0.6) is 0 Å². The summed E-state index contributed by atoms with van der Waals surface area (Å²) in [6.07, 6.45) is 0.966. The van der Waals surface area contributed by atoms with Crippen LogP contribution in [0.25, 0.3) is 0 Å². The van der Waals surface area contributed by atoms with Crippen LogP contribution in [0.15, 0.2) is 0 Å². The molecule has 0 spiro atoms. The van der Waals surface area contributed by atoms with Gasteiger partial charge in [0.15, 0.2) is 0 Å². The Balaban J connectivity index is 4.14. The average molecular weight is 202 g/mol. The molecule has 0 aliphatic carbocycles. The van der Waals surface area contributed by atoms with E-state index >= 15 is 0 Å². The molecule has 0 aromatic rings. The number of carboxylic acid groups (broad SMARTS) is 1. The molecule has 0 aliphatic rings. The average Bonchev–Trinajstić information content (AvgIpc) is 2.03. The van der Waals surface area contributed by atoms with Gasteiger partial charge in [-0.15, -0.1) is 0 Å². The van der Waals surface area contributed by atoms with E-state index in [0.29, 0.717) is 6.54 Å². The summed E-state index contributed by atoms with van der Waals surface area (Å²) in [5, 5.41) is 8.71. The summed E-state index contributed by atoms with van der Waals surface area (Å²) in [4.78, 5) is 12.5. The van der Waals surface area contributed by atoms with Crippen molar-refractivity contribution in [2.24, 2.45) is 11.1 Å². The SMILES string of the molecule is CCCN(CC(=O)O)CC(C)(C)CN. The highest BCUT2D eigenvalue weighted by Gasteiger charge is 2.20. The van der Waals surface area contributed by atoms with Crippen molar-refractivity contribution in [2.45, 2.75) is 27.2 Å². The van der Waals surface area contributed by atoms with Gasteiger partial charge in [-0.05, 0) is 24.9 Å². The first-order valence-electron chi connectivity index (χ1n) is 5.05. The Bertz CT molecular complexity index is 181. The quantitative estimate of drug-likeness (QED) is 0.640. The van der Waals surface area contributed by atoms with Crippen molar-refractivity contribution in [2.75, 3.05) is 26.2 Å². The summed E-state index contributed by atoms with van der Waals surface area (Å²) >= 11 is 0. The molecule has 0 saturated carbocycles. The van der Waals surface area contributed by atoms with Crippen molar-refractivity contribution in [3.05, 3.63) is 0 Å². The fraction of sp³-hybridized carbons (Fsp3) is 0.900. The van der Waals surface area contributed by atoms with Crippen LogP contribution < -0.4 is 5.73 Å². The Kier molecular flexibility index (Phi) is 5.72. The van der Waals surface area contributed by atoms with Crippen LogP contribution in [0.4, 0.5) is 0 Å². The second-order valence-electron chi connectivity index (χ2n) is 4.47. The highest BCUT2D eigenvalue weighted by molar-refractivity contribution is 5.69. The van der Waals surface area contributed by atoms with Crippen molar-refractivity contribution >= 4 is 5.97 Å². The van der Waals surface area contributed by atoms with Crippen LogP contribution in [0.3, 0.4) is 0 Å². The van der Waals surface area contributed by atoms with Crippen LogP contribution in [0.1, 0.15) is 27.2 Å². The first-order valence-corrected chi connectivity index (χ1v) is 5.05. The fourth-order valence-electron chi connectivity index (χ4n) is 1.39. The number of carbonyl (C=O) groups is 1. The van der Waals surface area contributed by atoms with Gasteiger partial charge in [0, 0.05) is 6.54 Å². The zero-order chi connectivity index (χ0) is 11.2. The van der Waals surface area contributed by atoms with E-state index in [-0.39, 0.29) is 12.0 Å². The molecule has 0 aromatic heterocycles. The molecule has 3 N–H and O–H groups in total. The minimum atomic E-state index is -0.772. The molecule has 0 saturated heterocycles. The predicted molar refractivity (Wildman–Crippen MR) is 57.2 cm³/mol. The van der Waals surface area contributed by atoms with Crippen molar-refractivity contribution in [1.29, 1.82) is 0 Å². The Morgan fingerprint density at radius 2 is 2.07 bits per heavy atom. The van der Waals surface area contributed by atoms with Crippen LogP contribution >= 0.6 is 0 Å². The molecule has 4 nitrogen and oxygen atoms in total. The molecule has 0 unspecified atom stereocenters. The summed E-state index contributed by atoms with van der Waals surface area (Å²) in [5.41, 5.74) is 5.60. The van der Waals surface area contributed by atoms with E-state index in [9.17, 15) is 4.79 Å². The van der Waals surface area contributed by atoms with Crippen molar-refractivity contribution in [1.82, 2.24) is 4.90 Å². The van der Waals surface area contributed by atoms with Gasteiger partial charge in [0.2, 0.25) is 0 Å². The van der Waals surface area contributed by atoms with E-state index in [1.807, 2.05) is 11.8 Å². The molecule has 0 aliphatic heterocycles. The fourth-order valence-corrected chi connectivity index (χ4v) is 1.39. The molecule has 0 bridgehead atoms. The third-order valence-electron chi connectivity index (χ3n) is 2.10. The van der Waals surface area contributed by atoms with E-state index in [2.05, 4.69) is 13.8 Å². The summed E-state index contributed by atoms with van der Waals surface area (Å²) in [6, 6.07) is 0. The lowest BCUT2D eigenvalue weighted by atomic mass is 9.93. The lowest BCUT2D eigenvalue weighted by Gasteiger charge is -2.30. The predicted octanol–water partition coefficient (Wildman–Crippen LogP) is 0.768. The van der Waals surface area contributed by atoms with E-state index in [1.165, 1.54) is 0 Å². The molecule has 0 radical (unpaired) electrons. The molecule has 4 heteroatoms. The standard InChI is InChI=1S/C10H22N2O2/c1-4-5-12(6-9(13)14)8-10(2,3)7-11/h4-8,11H2,1-3H3,(H,13,14). The number of aliphatic carboxylic acids is 1. The maximum Gasteiger partial charge on any atom is 0.317 e. The molecule has 14 heavy (non-hydrogen) atoms. The molecule has 0 amide bonds. The number of carboxylic acids is 1. The van der Waals surface area contributed by atoms with Crippen LogP contribution in [0, 0.1) is 5.41 Å². The van der Waals surface area contributed by atoms with Crippen molar-refractivity contribution < 1.29 is 9.90 Å². The Labute approximate surface area is 86.1 Å². The van der Waals surface area contributed by atoms with Gasteiger partial charge < -0.3 is 10.8 Å². The highest BCUT2D eigenvalue weighted by atomic mass is 16.4. The van der Waals surface area contributed by atoms with Gasteiger partial charge in [-0.2, -0.15) is 0 Å². The van der Waals surface area contributed by atoms with E-state index in [0.717, 1.165) is 19.5 Å². The zero-order valence-electron chi connectivity index (χ0n) is 9.42. The van der Waals surface area contributed by atoms with Crippen molar-refractivity contribution in [3.8, 4) is 0 Å². The maximum atomic E-state index is 10.6. The first-order chi connectivity index (χ1) is 6.41. The largest absolute Gasteiger partial charge is 0.480 e. The highest BCUT2D eigenvalue weighted by Crippen LogP contribution is 2.14. The molecule has 0 aromatic carbocycles. The normalized spacial score (nSPS) is 12.1. The number of rotatable bonds is 7. The van der Waals surface area contributed by atoms with Gasteiger partial charge in [-0.1, -0.05) is 20.8 Å². The maximum absolute atomic E-state index is 10.6. The van der Waals surface area contributed by atoms with Gasteiger partial charge >= 0.3 is 5.97 Å². The number of nitrogens with zero attached hydrogens (tertiary/aromatic N) is 1. The Morgan fingerprint density at radius 3 is 2.43 bits per heavy atom. The topological polar surface area (TPSA) is 66.6 Å². The lowest BCUT2D eigenvalue weighted by Crippen LogP contribution is -2.41. The Morgan fingerprint density at radius 1 is 1.50 bits per heavy atom. The smallest absolute Gasteiger partial charge is 0.317 e. The summed E-state index contributed by atoms with van der Waals surface area (Å²) in [6.45, 7) is 8.39.